The fraction of sp³-hybridized carbons (Fsp3) is 0.429. The minimum Gasteiger partial charge on any atom is -0.261 e. The standard InChI is InChI=1S/C7H10N2.K/c1-2-3-7-6-8-4-5-9-7;/h4-6H,2-3H2,1H3;. The fourth-order valence-corrected chi connectivity index (χ4v) is 0.715. The molecule has 0 saturated carbocycles. The average Bonchev–Trinajstić information content (AvgIpc) is 1.91. The number of aromatic nitrogens is 2. The zero-order valence-corrected chi connectivity index (χ0v) is 9.66. The molecule has 0 aliphatic carbocycles. The van der Waals surface area contributed by atoms with E-state index < -0.39 is 0 Å². The predicted octanol–water partition coefficient (Wildman–Crippen LogP) is 1.05. The third-order valence-electron chi connectivity index (χ3n) is 1.12. The van der Waals surface area contributed by atoms with Gasteiger partial charge in [0.25, 0.3) is 0 Å². The van der Waals surface area contributed by atoms with Crippen molar-refractivity contribution in [1.82, 2.24) is 9.97 Å². The Morgan fingerprint density at radius 1 is 1.40 bits per heavy atom. The maximum absolute atomic E-state index is 4.11. The SMILES string of the molecule is CCCc1cnccn1.[K]. The van der Waals surface area contributed by atoms with E-state index in [4.69, 9.17) is 0 Å². The van der Waals surface area contributed by atoms with Crippen molar-refractivity contribution in [3.63, 3.8) is 0 Å². The normalized spacial score (nSPS) is 8.50. The van der Waals surface area contributed by atoms with Crippen molar-refractivity contribution < 1.29 is 0 Å². The number of hydrogen-bond donors (Lipinski definition) is 0. The second kappa shape index (κ2) is 6.43. The maximum atomic E-state index is 4.11. The zero-order chi connectivity index (χ0) is 6.53. The molecule has 2 nitrogen and oxygen atoms in total. The number of hydrogen-bond acceptors (Lipinski definition) is 2. The van der Waals surface area contributed by atoms with Crippen LogP contribution in [0.2, 0.25) is 0 Å². The van der Waals surface area contributed by atoms with Crippen LogP contribution in [0.15, 0.2) is 18.6 Å². The topological polar surface area (TPSA) is 25.8 Å². The molecule has 0 aromatic carbocycles. The summed E-state index contributed by atoms with van der Waals surface area (Å²) in [6, 6.07) is 0. The van der Waals surface area contributed by atoms with Crippen LogP contribution in [0.3, 0.4) is 0 Å². The molecule has 49 valence electrons. The molecule has 0 aliphatic heterocycles. The molecule has 1 aromatic rings. The van der Waals surface area contributed by atoms with Gasteiger partial charge >= 0.3 is 0 Å². The molecule has 0 bridgehead atoms. The van der Waals surface area contributed by atoms with Crippen LogP contribution in [0.5, 0.6) is 0 Å². The molecule has 0 amide bonds. The zero-order valence-electron chi connectivity index (χ0n) is 6.54. The Morgan fingerprint density at radius 2 is 2.20 bits per heavy atom. The van der Waals surface area contributed by atoms with E-state index in [-0.39, 0.29) is 51.4 Å². The molecule has 0 N–H and O–H groups in total. The Bertz CT molecular complexity index is 165. The summed E-state index contributed by atoms with van der Waals surface area (Å²) in [4.78, 5) is 8.05. The summed E-state index contributed by atoms with van der Waals surface area (Å²) >= 11 is 0. The van der Waals surface area contributed by atoms with Crippen molar-refractivity contribution in [2.24, 2.45) is 0 Å². The molecule has 3 heteroatoms. The van der Waals surface area contributed by atoms with Crippen molar-refractivity contribution in [1.29, 1.82) is 0 Å². The minimum absolute atomic E-state index is 0. The van der Waals surface area contributed by atoms with Gasteiger partial charge in [-0.3, -0.25) is 9.97 Å². The van der Waals surface area contributed by atoms with Gasteiger partial charge in [0.05, 0.1) is 5.69 Å². The van der Waals surface area contributed by atoms with Crippen LogP contribution >= 0.6 is 0 Å². The first-order valence-electron chi connectivity index (χ1n) is 3.18. The van der Waals surface area contributed by atoms with Crippen LogP contribution in [0, 0.1) is 0 Å². The van der Waals surface area contributed by atoms with E-state index in [0.29, 0.717) is 0 Å². The van der Waals surface area contributed by atoms with Crippen LogP contribution in [0.4, 0.5) is 0 Å². The van der Waals surface area contributed by atoms with E-state index in [1.54, 1.807) is 12.4 Å². The predicted molar refractivity (Wildman–Crippen MR) is 41.8 cm³/mol. The van der Waals surface area contributed by atoms with Gasteiger partial charge in [-0.05, 0) is 6.42 Å². The number of nitrogens with zero attached hydrogens (tertiary/aromatic N) is 2. The molecule has 0 spiro atoms. The van der Waals surface area contributed by atoms with Crippen molar-refractivity contribution in [3.05, 3.63) is 24.3 Å². The number of rotatable bonds is 2. The minimum atomic E-state index is 0. The molecule has 0 fully saturated rings. The van der Waals surface area contributed by atoms with Crippen LogP contribution in [-0.4, -0.2) is 61.4 Å². The Balaban J connectivity index is 0.000000810. The van der Waals surface area contributed by atoms with Crippen LogP contribution in [0.25, 0.3) is 0 Å². The summed E-state index contributed by atoms with van der Waals surface area (Å²) in [5.41, 5.74) is 1.08. The summed E-state index contributed by atoms with van der Waals surface area (Å²) in [7, 11) is 0. The van der Waals surface area contributed by atoms with Gasteiger partial charge in [-0.25, -0.2) is 0 Å². The van der Waals surface area contributed by atoms with Crippen molar-refractivity contribution in [2.45, 2.75) is 19.8 Å². The van der Waals surface area contributed by atoms with Crippen molar-refractivity contribution in [2.75, 3.05) is 0 Å². The second-order valence-corrected chi connectivity index (χ2v) is 1.95. The molecule has 10 heavy (non-hydrogen) atoms. The molecule has 0 unspecified atom stereocenters. The summed E-state index contributed by atoms with van der Waals surface area (Å²) < 4.78 is 0. The fourth-order valence-electron chi connectivity index (χ4n) is 0.715. The largest absolute Gasteiger partial charge is 0.261 e. The summed E-state index contributed by atoms with van der Waals surface area (Å²) in [6.45, 7) is 2.13. The van der Waals surface area contributed by atoms with Gasteiger partial charge in [-0.1, -0.05) is 13.3 Å². The Labute approximate surface area is 104 Å². The third-order valence-corrected chi connectivity index (χ3v) is 1.12. The molecule has 1 radical (unpaired) electrons. The van der Waals surface area contributed by atoms with E-state index >= 15 is 0 Å². The van der Waals surface area contributed by atoms with Crippen molar-refractivity contribution in [3.8, 4) is 0 Å². The summed E-state index contributed by atoms with van der Waals surface area (Å²) in [5.74, 6) is 0. The van der Waals surface area contributed by atoms with Gasteiger partial charge in [0.2, 0.25) is 0 Å². The smallest absolute Gasteiger partial charge is 0.0586 e. The van der Waals surface area contributed by atoms with E-state index in [2.05, 4.69) is 16.9 Å². The molecular formula is C7H10KN2. The quantitative estimate of drug-likeness (QED) is 0.606. The first kappa shape index (κ1) is 10.7. The third kappa shape index (κ3) is 3.78. The molecular weight excluding hydrogens is 151 g/mol. The first-order valence-corrected chi connectivity index (χ1v) is 3.18. The molecule has 1 heterocycles. The Hall–Kier alpha value is 0.716. The maximum Gasteiger partial charge on any atom is 0.0586 e. The molecule has 0 atom stereocenters. The Morgan fingerprint density at radius 3 is 2.70 bits per heavy atom. The van der Waals surface area contributed by atoms with E-state index in [1.165, 1.54) is 0 Å². The first-order chi connectivity index (χ1) is 4.43. The van der Waals surface area contributed by atoms with Crippen LogP contribution in [0.1, 0.15) is 19.0 Å². The van der Waals surface area contributed by atoms with Crippen molar-refractivity contribution >= 4 is 51.4 Å². The molecule has 1 aromatic heterocycles. The average molecular weight is 161 g/mol. The van der Waals surface area contributed by atoms with Crippen LogP contribution < -0.4 is 0 Å². The van der Waals surface area contributed by atoms with Crippen LogP contribution in [-0.2, 0) is 6.42 Å². The van der Waals surface area contributed by atoms with Gasteiger partial charge in [0, 0.05) is 70.0 Å². The summed E-state index contributed by atoms with van der Waals surface area (Å²) in [6.07, 6.45) is 7.40. The van der Waals surface area contributed by atoms with Gasteiger partial charge in [-0.15, -0.1) is 0 Å². The van der Waals surface area contributed by atoms with E-state index in [9.17, 15) is 0 Å². The monoisotopic (exact) mass is 161 g/mol. The second-order valence-electron chi connectivity index (χ2n) is 1.95. The molecule has 0 saturated heterocycles. The van der Waals surface area contributed by atoms with Gasteiger partial charge < -0.3 is 0 Å². The Kier molecular flexibility index (Phi) is 6.89. The van der Waals surface area contributed by atoms with E-state index in [0.717, 1.165) is 18.5 Å². The summed E-state index contributed by atoms with van der Waals surface area (Å²) in [5, 5.41) is 0. The number of aryl methyl sites for hydroxylation is 1. The van der Waals surface area contributed by atoms with E-state index in [1.807, 2.05) is 6.20 Å². The van der Waals surface area contributed by atoms with Gasteiger partial charge in [-0.2, -0.15) is 0 Å². The molecule has 0 aliphatic rings. The van der Waals surface area contributed by atoms with Gasteiger partial charge in [0.15, 0.2) is 0 Å². The molecule has 1 rings (SSSR count). The van der Waals surface area contributed by atoms with Gasteiger partial charge in [0.1, 0.15) is 0 Å².